The summed E-state index contributed by atoms with van der Waals surface area (Å²) in [5, 5.41) is 2.51. The van der Waals surface area contributed by atoms with Crippen LogP contribution in [0.5, 0.6) is 5.75 Å². The van der Waals surface area contributed by atoms with Crippen molar-refractivity contribution < 1.29 is 22.7 Å². The molecule has 0 spiro atoms. The van der Waals surface area contributed by atoms with Gasteiger partial charge in [0.1, 0.15) is 11.5 Å². The van der Waals surface area contributed by atoms with Crippen LogP contribution in [-0.2, 0) is 11.2 Å². The van der Waals surface area contributed by atoms with Gasteiger partial charge in [0.25, 0.3) is 0 Å². The molecule has 1 amide bonds. The zero-order valence-electron chi connectivity index (χ0n) is 14.2. The van der Waals surface area contributed by atoms with Crippen LogP contribution in [0, 0.1) is 18.6 Å². The second-order valence-electron chi connectivity index (χ2n) is 5.61. The molecule has 26 heavy (non-hydrogen) atoms. The third-order valence-corrected chi connectivity index (χ3v) is 3.74. The summed E-state index contributed by atoms with van der Waals surface area (Å²) in [7, 11) is 1.56. The summed E-state index contributed by atoms with van der Waals surface area (Å²) < 4.78 is 36.9. The Hall–Kier alpha value is -3.22. The molecule has 1 aromatic heterocycles. The molecule has 2 aromatic carbocycles. The highest BCUT2D eigenvalue weighted by molar-refractivity contribution is 5.92. The number of carbonyl (C=O) groups excluding carboxylic acids is 1. The standard InChI is InChI=1S/C19H16F2N2O3/c1-11-17(10-18(24)22-13-6-7-15(20)16(21)9-13)23-19(26-11)12-4-3-5-14(8-12)25-2/h3-9H,10H2,1-2H3,(H,22,24). The highest BCUT2D eigenvalue weighted by Crippen LogP contribution is 2.25. The minimum absolute atomic E-state index is 0.0572. The first-order chi connectivity index (χ1) is 12.5. The Kier molecular flexibility index (Phi) is 4.97. The fraction of sp³-hybridized carbons (Fsp3) is 0.158. The largest absolute Gasteiger partial charge is 0.497 e. The second-order valence-corrected chi connectivity index (χ2v) is 5.61. The molecule has 1 heterocycles. The summed E-state index contributed by atoms with van der Waals surface area (Å²) in [5.41, 5.74) is 1.35. The molecule has 3 rings (SSSR count). The van der Waals surface area contributed by atoms with E-state index in [1.807, 2.05) is 12.1 Å². The van der Waals surface area contributed by atoms with Gasteiger partial charge in [0.05, 0.1) is 19.2 Å². The van der Waals surface area contributed by atoms with Gasteiger partial charge < -0.3 is 14.5 Å². The fourth-order valence-electron chi connectivity index (χ4n) is 2.40. The van der Waals surface area contributed by atoms with Gasteiger partial charge in [-0.15, -0.1) is 0 Å². The minimum Gasteiger partial charge on any atom is -0.497 e. The molecule has 0 unspecified atom stereocenters. The lowest BCUT2D eigenvalue weighted by atomic mass is 10.2. The van der Waals surface area contributed by atoms with E-state index in [1.54, 1.807) is 26.2 Å². The molecule has 7 heteroatoms. The maximum atomic E-state index is 13.2. The average Bonchev–Trinajstić information content (AvgIpc) is 2.99. The smallest absolute Gasteiger partial charge is 0.230 e. The first kappa shape index (κ1) is 17.6. The van der Waals surface area contributed by atoms with Gasteiger partial charge in [-0.2, -0.15) is 0 Å². The summed E-state index contributed by atoms with van der Waals surface area (Å²) in [6.45, 7) is 1.71. The molecule has 0 bridgehead atoms. The van der Waals surface area contributed by atoms with Crippen LogP contribution in [0.15, 0.2) is 46.9 Å². The third kappa shape index (κ3) is 3.88. The molecular formula is C19H16F2N2O3. The number of methoxy groups -OCH3 is 1. The molecule has 0 aliphatic heterocycles. The Morgan fingerprint density at radius 3 is 2.73 bits per heavy atom. The van der Waals surface area contributed by atoms with Crippen molar-refractivity contribution >= 4 is 11.6 Å². The average molecular weight is 358 g/mol. The van der Waals surface area contributed by atoms with Gasteiger partial charge in [0.2, 0.25) is 11.8 Å². The number of benzene rings is 2. The first-order valence-electron chi connectivity index (χ1n) is 7.82. The number of aromatic nitrogens is 1. The van der Waals surface area contributed by atoms with Crippen LogP contribution in [0.1, 0.15) is 11.5 Å². The summed E-state index contributed by atoms with van der Waals surface area (Å²) in [6.07, 6.45) is -0.0572. The third-order valence-electron chi connectivity index (χ3n) is 3.74. The number of amides is 1. The van der Waals surface area contributed by atoms with E-state index in [9.17, 15) is 13.6 Å². The predicted molar refractivity (Wildman–Crippen MR) is 91.9 cm³/mol. The van der Waals surface area contributed by atoms with E-state index in [1.165, 1.54) is 6.07 Å². The molecule has 0 aliphatic carbocycles. The first-order valence-corrected chi connectivity index (χ1v) is 7.82. The highest BCUT2D eigenvalue weighted by Gasteiger charge is 2.15. The molecule has 5 nitrogen and oxygen atoms in total. The lowest BCUT2D eigenvalue weighted by molar-refractivity contribution is -0.115. The zero-order valence-corrected chi connectivity index (χ0v) is 14.2. The van der Waals surface area contributed by atoms with Crippen molar-refractivity contribution in [3.63, 3.8) is 0 Å². The molecule has 134 valence electrons. The van der Waals surface area contributed by atoms with Crippen molar-refractivity contribution in [2.45, 2.75) is 13.3 Å². The van der Waals surface area contributed by atoms with E-state index < -0.39 is 17.5 Å². The molecule has 0 atom stereocenters. The molecule has 0 aliphatic rings. The van der Waals surface area contributed by atoms with Crippen molar-refractivity contribution in [3.05, 3.63) is 65.6 Å². The number of anilines is 1. The molecule has 3 aromatic rings. The van der Waals surface area contributed by atoms with Crippen LogP contribution >= 0.6 is 0 Å². The van der Waals surface area contributed by atoms with E-state index in [4.69, 9.17) is 9.15 Å². The number of hydrogen-bond acceptors (Lipinski definition) is 4. The van der Waals surface area contributed by atoms with Gasteiger partial charge in [-0.05, 0) is 37.3 Å². The summed E-state index contributed by atoms with van der Waals surface area (Å²) in [4.78, 5) is 16.5. The van der Waals surface area contributed by atoms with E-state index in [0.29, 0.717) is 23.1 Å². The molecule has 0 saturated heterocycles. The molecule has 0 fully saturated rings. The van der Waals surface area contributed by atoms with Crippen molar-refractivity contribution in [2.75, 3.05) is 12.4 Å². The van der Waals surface area contributed by atoms with Crippen LogP contribution < -0.4 is 10.1 Å². The van der Waals surface area contributed by atoms with Gasteiger partial charge in [-0.1, -0.05) is 6.07 Å². The van der Waals surface area contributed by atoms with Gasteiger partial charge >= 0.3 is 0 Å². The number of nitrogens with one attached hydrogen (secondary N) is 1. The molecule has 0 saturated carbocycles. The normalized spacial score (nSPS) is 10.6. The van der Waals surface area contributed by atoms with Crippen LogP contribution in [0.2, 0.25) is 0 Å². The number of carbonyl (C=O) groups is 1. The quantitative estimate of drug-likeness (QED) is 0.745. The number of oxazole rings is 1. The van der Waals surface area contributed by atoms with Gasteiger partial charge in [-0.3, -0.25) is 4.79 Å². The molecule has 0 radical (unpaired) electrons. The number of ether oxygens (including phenoxy) is 1. The number of aryl methyl sites for hydroxylation is 1. The van der Waals surface area contributed by atoms with E-state index in [0.717, 1.165) is 17.7 Å². The Morgan fingerprint density at radius 1 is 1.19 bits per heavy atom. The van der Waals surface area contributed by atoms with Crippen molar-refractivity contribution in [3.8, 4) is 17.2 Å². The number of rotatable bonds is 5. The van der Waals surface area contributed by atoms with Crippen molar-refractivity contribution in [1.29, 1.82) is 0 Å². The fourth-order valence-corrected chi connectivity index (χ4v) is 2.40. The van der Waals surface area contributed by atoms with E-state index in [-0.39, 0.29) is 12.1 Å². The maximum Gasteiger partial charge on any atom is 0.230 e. The van der Waals surface area contributed by atoms with E-state index in [2.05, 4.69) is 10.3 Å². The summed E-state index contributed by atoms with van der Waals surface area (Å²) >= 11 is 0. The number of halogens is 2. The Bertz CT molecular complexity index is 954. The Balaban J connectivity index is 1.74. The zero-order chi connectivity index (χ0) is 18.7. The summed E-state index contributed by atoms with van der Waals surface area (Å²) in [6, 6.07) is 10.4. The van der Waals surface area contributed by atoms with Gasteiger partial charge in [0, 0.05) is 17.3 Å². The lowest BCUT2D eigenvalue weighted by Crippen LogP contribution is -2.15. The van der Waals surface area contributed by atoms with E-state index >= 15 is 0 Å². The summed E-state index contributed by atoms with van der Waals surface area (Å²) in [5.74, 6) is -0.875. The lowest BCUT2D eigenvalue weighted by Gasteiger charge is -2.04. The maximum absolute atomic E-state index is 13.2. The monoisotopic (exact) mass is 358 g/mol. The molecule has 1 N–H and O–H groups in total. The minimum atomic E-state index is -1.03. The Morgan fingerprint density at radius 2 is 2.00 bits per heavy atom. The van der Waals surface area contributed by atoms with Crippen molar-refractivity contribution in [1.82, 2.24) is 4.98 Å². The second kappa shape index (κ2) is 7.35. The molecular weight excluding hydrogens is 342 g/mol. The van der Waals surface area contributed by atoms with Crippen LogP contribution in [0.4, 0.5) is 14.5 Å². The van der Waals surface area contributed by atoms with Crippen LogP contribution in [-0.4, -0.2) is 18.0 Å². The predicted octanol–water partition coefficient (Wildman–Crippen LogP) is 4.12. The SMILES string of the molecule is COc1cccc(-c2nc(CC(=O)Nc3ccc(F)c(F)c3)c(C)o2)c1. The van der Waals surface area contributed by atoms with Gasteiger partial charge in [0.15, 0.2) is 11.6 Å². The number of nitrogens with zero attached hydrogens (tertiary/aromatic N) is 1. The van der Waals surface area contributed by atoms with Crippen molar-refractivity contribution in [2.24, 2.45) is 0 Å². The Labute approximate surface area is 148 Å². The highest BCUT2D eigenvalue weighted by atomic mass is 19.2. The van der Waals surface area contributed by atoms with Crippen LogP contribution in [0.25, 0.3) is 11.5 Å². The van der Waals surface area contributed by atoms with Crippen LogP contribution in [0.3, 0.4) is 0 Å². The number of hydrogen-bond donors (Lipinski definition) is 1. The topological polar surface area (TPSA) is 64.4 Å². The van der Waals surface area contributed by atoms with Gasteiger partial charge in [-0.25, -0.2) is 13.8 Å².